The molecule has 2 aromatic rings. The van der Waals surface area contributed by atoms with Gasteiger partial charge in [-0.15, -0.1) is 0 Å². The maximum absolute atomic E-state index is 9.22. The minimum Gasteiger partial charge on any atom is -0.371 e. The number of halogens is 1. The van der Waals surface area contributed by atoms with Crippen LogP contribution in [0.15, 0.2) is 42.5 Å². The van der Waals surface area contributed by atoms with Crippen LogP contribution in [0.4, 0.5) is 17.1 Å². The number of hydrogen-bond donors (Lipinski definition) is 1. The van der Waals surface area contributed by atoms with Crippen molar-refractivity contribution in [2.45, 2.75) is 57.9 Å². The molecule has 2 spiro atoms. The van der Waals surface area contributed by atoms with Gasteiger partial charge < -0.3 is 20.0 Å². The molecule has 0 aromatic heterocycles. The summed E-state index contributed by atoms with van der Waals surface area (Å²) in [5.74, 6) is 0. The highest BCUT2D eigenvalue weighted by molar-refractivity contribution is 6.32. The molecule has 37 heavy (non-hydrogen) atoms. The second-order valence-electron chi connectivity index (χ2n) is 12.2. The third-order valence-corrected chi connectivity index (χ3v) is 10.4. The number of nitrogens with zero attached hydrogens (tertiary/aromatic N) is 4. The summed E-state index contributed by atoms with van der Waals surface area (Å²) < 4.78 is 0. The molecule has 0 saturated carbocycles. The maximum atomic E-state index is 9.22. The second-order valence-corrected chi connectivity index (χ2v) is 12.6. The molecule has 2 aromatic carbocycles. The van der Waals surface area contributed by atoms with E-state index in [2.05, 4.69) is 63.3 Å². The molecule has 0 bridgehead atoms. The van der Waals surface area contributed by atoms with Crippen molar-refractivity contribution in [3.8, 4) is 6.07 Å². The van der Waals surface area contributed by atoms with Gasteiger partial charge >= 0.3 is 0 Å². The Balaban J connectivity index is 1.05. The number of nitrogens with one attached hydrogen (secondary N) is 1. The van der Waals surface area contributed by atoms with Gasteiger partial charge in [0, 0.05) is 55.8 Å². The van der Waals surface area contributed by atoms with Crippen LogP contribution in [0.25, 0.3) is 0 Å². The SMILES string of the molecule is C[C@H]1CC2(CCN(c3ccc(N4CCC5(CCNCC5)CC4)cc3)CC2)CN1c1ccc(C#N)c(Cl)c1. The van der Waals surface area contributed by atoms with Gasteiger partial charge in [0.25, 0.3) is 0 Å². The highest BCUT2D eigenvalue weighted by Gasteiger charge is 2.44. The molecule has 6 heteroatoms. The normalized spacial score (nSPS) is 25.0. The van der Waals surface area contributed by atoms with E-state index in [4.69, 9.17) is 11.6 Å². The Morgan fingerprint density at radius 2 is 1.35 bits per heavy atom. The summed E-state index contributed by atoms with van der Waals surface area (Å²) in [5.41, 5.74) is 5.43. The van der Waals surface area contributed by atoms with Gasteiger partial charge in [0.1, 0.15) is 6.07 Å². The number of benzene rings is 2. The van der Waals surface area contributed by atoms with Crippen molar-refractivity contribution in [3.05, 3.63) is 53.1 Å². The zero-order chi connectivity index (χ0) is 25.5. The molecule has 5 nitrogen and oxygen atoms in total. The minimum absolute atomic E-state index is 0.370. The monoisotopic (exact) mass is 517 g/mol. The summed E-state index contributed by atoms with van der Waals surface area (Å²) in [6, 6.07) is 18.0. The molecule has 1 N–H and O–H groups in total. The van der Waals surface area contributed by atoms with Gasteiger partial charge in [-0.2, -0.15) is 5.26 Å². The molecule has 4 saturated heterocycles. The van der Waals surface area contributed by atoms with Gasteiger partial charge in [0.2, 0.25) is 0 Å². The van der Waals surface area contributed by atoms with E-state index in [1.807, 2.05) is 12.1 Å². The van der Waals surface area contributed by atoms with Crippen molar-refractivity contribution >= 4 is 28.7 Å². The van der Waals surface area contributed by atoms with E-state index >= 15 is 0 Å². The predicted octanol–water partition coefficient (Wildman–Crippen LogP) is 6.07. The van der Waals surface area contributed by atoms with Gasteiger partial charge in [-0.3, -0.25) is 0 Å². The fourth-order valence-corrected chi connectivity index (χ4v) is 7.83. The molecule has 4 aliphatic heterocycles. The Labute approximate surface area is 227 Å². The van der Waals surface area contributed by atoms with Crippen LogP contribution in [0.2, 0.25) is 5.02 Å². The summed E-state index contributed by atoms with van der Waals surface area (Å²) in [6.45, 7) is 10.5. The number of nitriles is 1. The molecule has 0 amide bonds. The van der Waals surface area contributed by atoms with E-state index in [0.717, 1.165) is 25.3 Å². The van der Waals surface area contributed by atoms with Crippen molar-refractivity contribution in [2.75, 3.05) is 60.5 Å². The first-order valence-electron chi connectivity index (χ1n) is 14.3. The standard InChI is InChI=1S/C31H40ClN5/c1-24-21-31(23-37(24)28-3-2-25(22-33)29(32)20-28)12-18-36(19-13-31)27-6-4-26(5-7-27)35-16-10-30(11-17-35)8-14-34-15-9-30/h2-7,20,24,34H,8-19,21,23H2,1H3/t24-/m0/s1. The van der Waals surface area contributed by atoms with Crippen LogP contribution >= 0.6 is 11.6 Å². The van der Waals surface area contributed by atoms with E-state index in [9.17, 15) is 5.26 Å². The van der Waals surface area contributed by atoms with Crippen molar-refractivity contribution in [1.82, 2.24) is 5.32 Å². The fourth-order valence-electron chi connectivity index (χ4n) is 7.61. The Morgan fingerprint density at radius 3 is 1.89 bits per heavy atom. The van der Waals surface area contributed by atoms with Gasteiger partial charge in [-0.05, 0) is 118 Å². The van der Waals surface area contributed by atoms with Crippen LogP contribution < -0.4 is 20.0 Å². The predicted molar refractivity (Wildman–Crippen MR) is 154 cm³/mol. The molecule has 0 unspecified atom stereocenters. The van der Waals surface area contributed by atoms with Gasteiger partial charge in [-0.25, -0.2) is 0 Å². The lowest BCUT2D eigenvalue weighted by Crippen LogP contribution is -2.45. The lowest BCUT2D eigenvalue weighted by Gasteiger charge is -2.45. The molecule has 4 heterocycles. The highest BCUT2D eigenvalue weighted by atomic mass is 35.5. The number of rotatable bonds is 3. The summed E-state index contributed by atoms with van der Waals surface area (Å²) in [7, 11) is 0. The third-order valence-electron chi connectivity index (χ3n) is 10.1. The molecule has 1 atom stereocenters. The summed E-state index contributed by atoms with van der Waals surface area (Å²) in [6.07, 6.45) is 9.07. The molecule has 4 fully saturated rings. The summed E-state index contributed by atoms with van der Waals surface area (Å²) in [4.78, 5) is 7.69. The molecule has 0 radical (unpaired) electrons. The van der Waals surface area contributed by atoms with Crippen molar-refractivity contribution < 1.29 is 0 Å². The average Bonchev–Trinajstić information content (AvgIpc) is 3.25. The first kappa shape index (κ1) is 24.9. The van der Waals surface area contributed by atoms with Crippen LogP contribution in [-0.2, 0) is 0 Å². The zero-order valence-electron chi connectivity index (χ0n) is 22.2. The van der Waals surface area contributed by atoms with Gasteiger partial charge in [0.15, 0.2) is 0 Å². The maximum Gasteiger partial charge on any atom is 0.101 e. The Morgan fingerprint density at radius 1 is 0.811 bits per heavy atom. The molecular weight excluding hydrogens is 478 g/mol. The average molecular weight is 518 g/mol. The number of hydrogen-bond acceptors (Lipinski definition) is 5. The molecular formula is C31H40ClN5. The van der Waals surface area contributed by atoms with Crippen molar-refractivity contribution in [2.24, 2.45) is 10.8 Å². The van der Waals surface area contributed by atoms with E-state index in [0.29, 0.717) is 27.5 Å². The highest BCUT2D eigenvalue weighted by Crippen LogP contribution is 2.46. The second kappa shape index (κ2) is 10.0. The first-order chi connectivity index (χ1) is 18.0. The number of piperidine rings is 3. The quantitative estimate of drug-likeness (QED) is 0.535. The van der Waals surface area contributed by atoms with E-state index in [1.165, 1.54) is 82.5 Å². The van der Waals surface area contributed by atoms with Gasteiger partial charge in [0.05, 0.1) is 10.6 Å². The van der Waals surface area contributed by atoms with Crippen molar-refractivity contribution in [3.63, 3.8) is 0 Å². The lowest BCUT2D eigenvalue weighted by atomic mass is 9.71. The largest absolute Gasteiger partial charge is 0.371 e. The fraction of sp³-hybridized carbons (Fsp3) is 0.581. The summed E-state index contributed by atoms with van der Waals surface area (Å²) >= 11 is 6.35. The van der Waals surface area contributed by atoms with Crippen LogP contribution in [-0.4, -0.2) is 51.9 Å². The van der Waals surface area contributed by atoms with E-state index in [-0.39, 0.29) is 0 Å². The van der Waals surface area contributed by atoms with Gasteiger partial charge in [-0.1, -0.05) is 11.6 Å². The molecule has 6 rings (SSSR count). The Hall–Kier alpha value is -2.42. The van der Waals surface area contributed by atoms with Crippen molar-refractivity contribution in [1.29, 1.82) is 5.26 Å². The van der Waals surface area contributed by atoms with Crippen LogP contribution in [0, 0.1) is 22.2 Å². The smallest absolute Gasteiger partial charge is 0.101 e. The number of anilines is 3. The molecule has 196 valence electrons. The summed E-state index contributed by atoms with van der Waals surface area (Å²) in [5, 5.41) is 13.3. The topological polar surface area (TPSA) is 45.5 Å². The van der Waals surface area contributed by atoms with Crippen LogP contribution in [0.5, 0.6) is 0 Å². The van der Waals surface area contributed by atoms with Crippen LogP contribution in [0.3, 0.4) is 0 Å². The van der Waals surface area contributed by atoms with Crippen LogP contribution in [0.1, 0.15) is 57.4 Å². The molecule has 0 aliphatic carbocycles. The van der Waals surface area contributed by atoms with E-state index < -0.39 is 0 Å². The van der Waals surface area contributed by atoms with E-state index in [1.54, 1.807) is 0 Å². The zero-order valence-corrected chi connectivity index (χ0v) is 22.9. The Bertz CT molecular complexity index is 1130. The lowest BCUT2D eigenvalue weighted by molar-refractivity contribution is 0.155. The molecule has 4 aliphatic rings. The minimum atomic E-state index is 0.370. The Kier molecular flexibility index (Phi) is 6.75. The first-order valence-corrected chi connectivity index (χ1v) is 14.6. The third kappa shape index (κ3) is 4.91.